The normalized spacial score (nSPS) is 18.3. The minimum Gasteiger partial charge on any atom is -0.388 e. The number of benzene rings is 2. The number of H-pyrrole nitrogens is 1. The lowest BCUT2D eigenvalue weighted by Gasteiger charge is -2.35. The van der Waals surface area contributed by atoms with Gasteiger partial charge in [0.2, 0.25) is 5.91 Å². The first-order valence-corrected chi connectivity index (χ1v) is 11.9. The smallest absolute Gasteiger partial charge is 0.254 e. The third-order valence-corrected chi connectivity index (χ3v) is 6.81. The fourth-order valence-corrected chi connectivity index (χ4v) is 4.94. The third kappa shape index (κ3) is 4.17. The van der Waals surface area contributed by atoms with Crippen LogP contribution in [0.4, 0.5) is 11.4 Å². The standard InChI is InChI=1S/C26H30N6O2/c1-28-18-7-9-20-21(13-18)30-24(33)5-3-2-4-23(25-29-15-22(20)31-25)32-11-10-17-12-16(14-27)6-8-19(17)26(32)34/h6-9,12-13,15,23,28H,2-5,10-11,14,27H2,1H3,(H,29,31)(H,30,33)/t23-/m0/s1. The maximum absolute atomic E-state index is 13.5. The Morgan fingerprint density at radius 1 is 1.12 bits per heavy atom. The molecule has 5 rings (SSSR count). The number of imidazole rings is 1. The van der Waals surface area contributed by atoms with Crippen molar-refractivity contribution in [2.75, 3.05) is 24.2 Å². The number of hydrogen-bond acceptors (Lipinski definition) is 5. The Morgan fingerprint density at radius 3 is 2.79 bits per heavy atom. The lowest BCUT2D eigenvalue weighted by Crippen LogP contribution is -2.41. The van der Waals surface area contributed by atoms with Crippen LogP contribution in [-0.4, -0.2) is 40.3 Å². The molecule has 0 spiro atoms. The zero-order valence-corrected chi connectivity index (χ0v) is 19.4. The van der Waals surface area contributed by atoms with Gasteiger partial charge in [-0.3, -0.25) is 9.59 Å². The average molecular weight is 459 g/mol. The summed E-state index contributed by atoms with van der Waals surface area (Å²) in [5.74, 6) is 0.794. The second-order valence-electron chi connectivity index (χ2n) is 8.95. The van der Waals surface area contributed by atoms with Crippen molar-refractivity contribution < 1.29 is 9.59 Å². The van der Waals surface area contributed by atoms with Gasteiger partial charge in [-0.05, 0) is 54.7 Å². The van der Waals surface area contributed by atoms with E-state index in [0.717, 1.165) is 70.8 Å². The molecule has 0 saturated carbocycles. The number of amides is 2. The van der Waals surface area contributed by atoms with Crippen LogP contribution in [0.1, 0.15) is 59.0 Å². The number of hydrogen-bond donors (Lipinski definition) is 4. The first-order valence-electron chi connectivity index (χ1n) is 11.9. The Morgan fingerprint density at radius 2 is 1.97 bits per heavy atom. The number of fused-ring (bicyclic) bond motifs is 5. The van der Waals surface area contributed by atoms with E-state index in [-0.39, 0.29) is 17.9 Å². The molecule has 0 fully saturated rings. The van der Waals surface area contributed by atoms with Crippen molar-refractivity contribution in [3.63, 3.8) is 0 Å². The summed E-state index contributed by atoms with van der Waals surface area (Å²) in [4.78, 5) is 36.2. The van der Waals surface area contributed by atoms with E-state index in [1.54, 1.807) is 6.20 Å². The maximum atomic E-state index is 13.5. The highest BCUT2D eigenvalue weighted by molar-refractivity contribution is 5.97. The summed E-state index contributed by atoms with van der Waals surface area (Å²) >= 11 is 0. The van der Waals surface area contributed by atoms with Crippen LogP contribution in [0.15, 0.2) is 42.6 Å². The molecule has 2 bridgehead atoms. The molecule has 0 unspecified atom stereocenters. The van der Waals surface area contributed by atoms with E-state index in [2.05, 4.69) is 15.6 Å². The zero-order chi connectivity index (χ0) is 23.7. The van der Waals surface area contributed by atoms with Crippen molar-refractivity contribution in [2.45, 2.75) is 44.7 Å². The van der Waals surface area contributed by atoms with Gasteiger partial charge in [0.05, 0.1) is 23.6 Å². The fourth-order valence-electron chi connectivity index (χ4n) is 4.94. The first-order chi connectivity index (χ1) is 16.6. The summed E-state index contributed by atoms with van der Waals surface area (Å²) in [6.45, 7) is 1.09. The molecule has 0 saturated heterocycles. The molecular formula is C26H30N6O2. The highest BCUT2D eigenvalue weighted by Crippen LogP contribution is 2.35. The number of rotatable bonds is 3. The Balaban J connectivity index is 1.51. The average Bonchev–Trinajstić information content (AvgIpc) is 3.33. The van der Waals surface area contributed by atoms with Gasteiger partial charge in [-0.25, -0.2) is 4.98 Å². The van der Waals surface area contributed by atoms with Crippen LogP contribution in [0.2, 0.25) is 0 Å². The zero-order valence-electron chi connectivity index (χ0n) is 19.4. The van der Waals surface area contributed by atoms with E-state index < -0.39 is 0 Å². The summed E-state index contributed by atoms with van der Waals surface area (Å²) in [6.07, 6.45) is 5.33. The van der Waals surface area contributed by atoms with Gasteiger partial charge in [-0.15, -0.1) is 0 Å². The summed E-state index contributed by atoms with van der Waals surface area (Å²) in [5, 5.41) is 6.17. The van der Waals surface area contributed by atoms with Gasteiger partial charge in [0.1, 0.15) is 5.82 Å². The summed E-state index contributed by atoms with van der Waals surface area (Å²) in [5.41, 5.74) is 12.0. The van der Waals surface area contributed by atoms with Crippen LogP contribution in [0, 0.1) is 0 Å². The topological polar surface area (TPSA) is 116 Å². The Bertz CT molecular complexity index is 1230. The quantitative estimate of drug-likeness (QED) is 0.476. The predicted molar refractivity (Wildman–Crippen MR) is 132 cm³/mol. The number of nitrogens with one attached hydrogen (secondary N) is 3. The van der Waals surface area contributed by atoms with Gasteiger partial charge in [0, 0.05) is 43.4 Å². The van der Waals surface area contributed by atoms with Gasteiger partial charge in [0.15, 0.2) is 0 Å². The first kappa shape index (κ1) is 22.2. The Hall–Kier alpha value is -3.65. The molecule has 1 atom stereocenters. The number of aromatic nitrogens is 2. The van der Waals surface area contributed by atoms with E-state index in [1.165, 1.54) is 0 Å². The van der Waals surface area contributed by atoms with Gasteiger partial charge in [-0.2, -0.15) is 0 Å². The summed E-state index contributed by atoms with van der Waals surface area (Å²) in [7, 11) is 1.85. The molecule has 0 aliphatic carbocycles. The van der Waals surface area contributed by atoms with Gasteiger partial charge >= 0.3 is 0 Å². The number of carbonyl (C=O) groups is 2. The predicted octanol–water partition coefficient (Wildman–Crippen LogP) is 3.83. The number of anilines is 2. The fraction of sp³-hybridized carbons (Fsp3) is 0.346. The Labute approximate surface area is 198 Å². The summed E-state index contributed by atoms with van der Waals surface area (Å²) < 4.78 is 0. The molecule has 2 amide bonds. The highest BCUT2D eigenvalue weighted by atomic mass is 16.2. The number of aromatic amines is 1. The molecule has 8 heteroatoms. The van der Waals surface area contributed by atoms with E-state index in [1.807, 2.05) is 48.3 Å². The molecule has 3 heterocycles. The minimum absolute atomic E-state index is 0.00921. The van der Waals surface area contributed by atoms with Crippen LogP contribution in [-0.2, 0) is 17.8 Å². The van der Waals surface area contributed by atoms with Crippen molar-refractivity contribution in [1.82, 2.24) is 14.9 Å². The van der Waals surface area contributed by atoms with Gasteiger partial charge in [0.25, 0.3) is 5.91 Å². The molecule has 2 aliphatic rings. The summed E-state index contributed by atoms with van der Waals surface area (Å²) in [6, 6.07) is 11.6. The lowest BCUT2D eigenvalue weighted by molar-refractivity contribution is -0.116. The third-order valence-electron chi connectivity index (χ3n) is 6.81. The van der Waals surface area contributed by atoms with Crippen LogP contribution in [0.3, 0.4) is 0 Å². The Kier molecular flexibility index (Phi) is 6.06. The molecule has 1 aromatic heterocycles. The van der Waals surface area contributed by atoms with Crippen molar-refractivity contribution in [3.05, 3.63) is 65.1 Å². The highest BCUT2D eigenvalue weighted by Gasteiger charge is 2.32. The van der Waals surface area contributed by atoms with Crippen LogP contribution in [0.25, 0.3) is 11.3 Å². The van der Waals surface area contributed by atoms with E-state index >= 15 is 0 Å². The second kappa shape index (κ2) is 9.30. The van der Waals surface area contributed by atoms with Gasteiger partial charge < -0.3 is 26.3 Å². The molecular weight excluding hydrogens is 428 g/mol. The van der Waals surface area contributed by atoms with Crippen LogP contribution in [0.5, 0.6) is 0 Å². The number of carbonyl (C=O) groups excluding carboxylic acids is 2. The largest absolute Gasteiger partial charge is 0.388 e. The molecule has 0 radical (unpaired) electrons. The van der Waals surface area contributed by atoms with E-state index in [4.69, 9.17) is 10.7 Å². The van der Waals surface area contributed by atoms with Crippen molar-refractivity contribution in [1.29, 1.82) is 0 Å². The van der Waals surface area contributed by atoms with Crippen molar-refractivity contribution in [3.8, 4) is 11.3 Å². The second-order valence-corrected chi connectivity index (χ2v) is 8.95. The molecule has 5 N–H and O–H groups in total. The number of nitrogens with two attached hydrogens (primary N) is 1. The maximum Gasteiger partial charge on any atom is 0.254 e. The molecule has 2 aromatic carbocycles. The van der Waals surface area contributed by atoms with Crippen LogP contribution < -0.4 is 16.4 Å². The number of nitrogens with zero attached hydrogens (tertiary/aromatic N) is 2. The molecule has 34 heavy (non-hydrogen) atoms. The van der Waals surface area contributed by atoms with Crippen molar-refractivity contribution in [2.24, 2.45) is 5.73 Å². The van der Waals surface area contributed by atoms with Gasteiger partial charge in [-0.1, -0.05) is 18.6 Å². The lowest BCUT2D eigenvalue weighted by atomic mass is 9.94. The van der Waals surface area contributed by atoms with E-state index in [9.17, 15) is 9.59 Å². The molecule has 176 valence electrons. The SMILES string of the molecule is CNc1ccc2c(c1)NC(=O)CCCC[C@H](N1CCc3cc(CN)ccc3C1=O)c1ncc-2[nH]1. The van der Waals surface area contributed by atoms with E-state index in [0.29, 0.717) is 19.5 Å². The molecule has 8 nitrogen and oxygen atoms in total. The monoisotopic (exact) mass is 458 g/mol. The van der Waals surface area contributed by atoms with Crippen LogP contribution >= 0.6 is 0 Å². The van der Waals surface area contributed by atoms with Crippen molar-refractivity contribution >= 4 is 23.2 Å². The minimum atomic E-state index is -0.175. The molecule has 3 aromatic rings. The molecule has 2 aliphatic heterocycles.